The van der Waals surface area contributed by atoms with E-state index in [0.717, 1.165) is 11.2 Å². The van der Waals surface area contributed by atoms with Gasteiger partial charge in [-0.05, 0) is 49.1 Å². The first-order valence-electron chi connectivity index (χ1n) is 8.27. The van der Waals surface area contributed by atoms with Gasteiger partial charge in [0.2, 0.25) is 5.91 Å². The number of nitrogens with one attached hydrogen (secondary N) is 2. The first kappa shape index (κ1) is 21.0. The number of hydrogen-bond donors (Lipinski definition) is 2. The summed E-state index contributed by atoms with van der Waals surface area (Å²) in [5.41, 5.74) is 0.982. The minimum Gasteiger partial charge on any atom is -0.340 e. The van der Waals surface area contributed by atoms with Crippen LogP contribution in [0.2, 0.25) is 0 Å². The average Bonchev–Trinajstić information content (AvgIpc) is 2.65. The van der Waals surface area contributed by atoms with Crippen LogP contribution in [-0.2, 0) is 14.6 Å². The van der Waals surface area contributed by atoms with E-state index in [1.807, 2.05) is 18.4 Å². The zero-order chi connectivity index (χ0) is 19.9. The zero-order valence-electron chi connectivity index (χ0n) is 15.1. The number of hydrogen-bond acceptors (Lipinski definition) is 5. The molecule has 0 bridgehead atoms. The number of benzene rings is 2. The van der Waals surface area contributed by atoms with Crippen LogP contribution in [-0.4, -0.2) is 44.5 Å². The molecule has 1 atom stereocenters. The quantitative estimate of drug-likeness (QED) is 0.658. The minimum atomic E-state index is -3.27. The molecular formula is C19H22N2O4S2. The molecule has 144 valence electrons. The molecule has 0 radical (unpaired) electrons. The van der Waals surface area contributed by atoms with E-state index in [0.29, 0.717) is 11.3 Å². The van der Waals surface area contributed by atoms with E-state index in [1.165, 1.54) is 0 Å². The number of sulfone groups is 1. The van der Waals surface area contributed by atoms with Gasteiger partial charge in [0.25, 0.3) is 5.91 Å². The van der Waals surface area contributed by atoms with Gasteiger partial charge in [0.1, 0.15) is 15.9 Å². The SMILES string of the molecule is CSc1ccc(NC(=O)[C@H](CCS(C)(=O)=O)NC(=O)c2ccccc2)cc1. The summed E-state index contributed by atoms with van der Waals surface area (Å²) in [6.07, 6.45) is 3.04. The average molecular weight is 407 g/mol. The van der Waals surface area contributed by atoms with Gasteiger partial charge in [-0.2, -0.15) is 0 Å². The molecule has 2 aromatic carbocycles. The highest BCUT2D eigenvalue weighted by molar-refractivity contribution is 7.98. The molecule has 8 heteroatoms. The Bertz CT molecular complexity index is 882. The van der Waals surface area contributed by atoms with Crippen molar-refractivity contribution < 1.29 is 18.0 Å². The van der Waals surface area contributed by atoms with Crippen LogP contribution < -0.4 is 10.6 Å². The molecule has 2 amide bonds. The molecule has 2 rings (SSSR count). The Balaban J connectivity index is 2.12. The van der Waals surface area contributed by atoms with Gasteiger partial charge in [-0.3, -0.25) is 9.59 Å². The first-order chi connectivity index (χ1) is 12.8. The topological polar surface area (TPSA) is 92.3 Å². The summed E-state index contributed by atoms with van der Waals surface area (Å²) in [5, 5.41) is 5.36. The third kappa shape index (κ3) is 7.07. The van der Waals surface area contributed by atoms with Crippen LogP contribution in [0.25, 0.3) is 0 Å². The molecule has 0 saturated carbocycles. The standard InChI is InChI=1S/C19H22N2O4S2/c1-26-16-10-8-15(9-11-16)20-19(23)17(12-13-27(2,24)25)21-18(22)14-6-4-3-5-7-14/h3-11,17H,12-13H2,1-2H3,(H,20,23)(H,21,22)/t17-/m0/s1. The van der Waals surface area contributed by atoms with Crippen molar-refractivity contribution in [2.45, 2.75) is 17.4 Å². The van der Waals surface area contributed by atoms with Crippen molar-refractivity contribution in [1.29, 1.82) is 0 Å². The third-order valence-electron chi connectivity index (χ3n) is 3.79. The molecule has 0 unspecified atom stereocenters. The maximum atomic E-state index is 12.6. The number of rotatable bonds is 8. The summed E-state index contributed by atoms with van der Waals surface area (Å²) in [6.45, 7) is 0. The van der Waals surface area contributed by atoms with Gasteiger partial charge in [0, 0.05) is 22.4 Å². The molecule has 0 aliphatic heterocycles. The molecule has 0 spiro atoms. The molecule has 2 aromatic rings. The Morgan fingerprint density at radius 1 is 1.04 bits per heavy atom. The Kier molecular flexibility index (Phi) is 7.44. The van der Waals surface area contributed by atoms with Crippen molar-refractivity contribution >= 4 is 39.1 Å². The normalized spacial score (nSPS) is 12.2. The van der Waals surface area contributed by atoms with Gasteiger partial charge in [0.15, 0.2) is 0 Å². The van der Waals surface area contributed by atoms with Crippen LogP contribution in [0.1, 0.15) is 16.8 Å². The van der Waals surface area contributed by atoms with Gasteiger partial charge >= 0.3 is 0 Å². The van der Waals surface area contributed by atoms with Crippen LogP contribution in [0.4, 0.5) is 5.69 Å². The predicted octanol–water partition coefficient (Wildman–Crippen LogP) is 2.58. The minimum absolute atomic E-state index is 0.00780. The summed E-state index contributed by atoms with van der Waals surface area (Å²) in [7, 11) is -3.27. The van der Waals surface area contributed by atoms with E-state index < -0.39 is 27.7 Å². The molecular weight excluding hydrogens is 384 g/mol. The molecule has 0 aliphatic rings. The largest absolute Gasteiger partial charge is 0.340 e. The van der Waals surface area contributed by atoms with E-state index in [2.05, 4.69) is 10.6 Å². The summed E-state index contributed by atoms with van der Waals surface area (Å²) in [5.74, 6) is -1.09. The second-order valence-electron chi connectivity index (χ2n) is 6.03. The summed E-state index contributed by atoms with van der Waals surface area (Å²) in [6, 6.07) is 14.8. The third-order valence-corrected chi connectivity index (χ3v) is 5.51. The van der Waals surface area contributed by atoms with E-state index in [1.54, 1.807) is 54.2 Å². The molecule has 6 nitrogen and oxygen atoms in total. The lowest BCUT2D eigenvalue weighted by Gasteiger charge is -2.18. The van der Waals surface area contributed by atoms with Gasteiger partial charge in [0.05, 0.1) is 5.75 Å². The Hall–Kier alpha value is -2.32. The zero-order valence-corrected chi connectivity index (χ0v) is 16.8. The van der Waals surface area contributed by atoms with Crippen LogP contribution in [0, 0.1) is 0 Å². The van der Waals surface area contributed by atoms with E-state index in [9.17, 15) is 18.0 Å². The van der Waals surface area contributed by atoms with E-state index in [-0.39, 0.29) is 12.2 Å². The summed E-state index contributed by atoms with van der Waals surface area (Å²) >= 11 is 1.58. The molecule has 27 heavy (non-hydrogen) atoms. The Morgan fingerprint density at radius 2 is 1.67 bits per heavy atom. The summed E-state index contributed by atoms with van der Waals surface area (Å²) in [4.78, 5) is 26.1. The fourth-order valence-corrected chi connectivity index (χ4v) is 3.41. The van der Waals surface area contributed by atoms with Crippen molar-refractivity contribution in [3.8, 4) is 0 Å². The smallest absolute Gasteiger partial charge is 0.251 e. The van der Waals surface area contributed by atoms with Crippen molar-refractivity contribution in [3.05, 3.63) is 60.2 Å². The van der Waals surface area contributed by atoms with Gasteiger partial charge < -0.3 is 10.6 Å². The first-order valence-corrected chi connectivity index (χ1v) is 11.6. The second-order valence-corrected chi connectivity index (χ2v) is 9.17. The molecule has 0 aliphatic carbocycles. The molecule has 0 fully saturated rings. The highest BCUT2D eigenvalue weighted by Gasteiger charge is 2.23. The lowest BCUT2D eigenvalue weighted by atomic mass is 10.1. The lowest BCUT2D eigenvalue weighted by molar-refractivity contribution is -0.118. The highest BCUT2D eigenvalue weighted by Crippen LogP contribution is 2.17. The van der Waals surface area contributed by atoms with Crippen LogP contribution in [0.15, 0.2) is 59.5 Å². The highest BCUT2D eigenvalue weighted by atomic mass is 32.2. The number of amides is 2. The molecule has 0 saturated heterocycles. The van der Waals surface area contributed by atoms with Crippen LogP contribution in [0.5, 0.6) is 0 Å². The van der Waals surface area contributed by atoms with Crippen molar-refractivity contribution in [2.75, 3.05) is 23.6 Å². The predicted molar refractivity (Wildman–Crippen MR) is 109 cm³/mol. The monoisotopic (exact) mass is 406 g/mol. The van der Waals surface area contributed by atoms with Crippen molar-refractivity contribution in [2.24, 2.45) is 0 Å². The van der Waals surface area contributed by atoms with E-state index in [4.69, 9.17) is 0 Å². The summed E-state index contributed by atoms with van der Waals surface area (Å²) < 4.78 is 23.0. The fraction of sp³-hybridized carbons (Fsp3) is 0.263. The number of carbonyl (C=O) groups excluding carboxylic acids is 2. The molecule has 2 N–H and O–H groups in total. The number of thioether (sulfide) groups is 1. The maximum Gasteiger partial charge on any atom is 0.251 e. The van der Waals surface area contributed by atoms with E-state index >= 15 is 0 Å². The Labute approximate surface area is 163 Å². The van der Waals surface area contributed by atoms with Crippen LogP contribution in [0.3, 0.4) is 0 Å². The molecule has 0 heterocycles. The number of anilines is 1. The van der Waals surface area contributed by atoms with Crippen molar-refractivity contribution in [1.82, 2.24) is 5.32 Å². The van der Waals surface area contributed by atoms with Crippen LogP contribution >= 0.6 is 11.8 Å². The number of carbonyl (C=O) groups is 2. The second kappa shape index (κ2) is 9.57. The van der Waals surface area contributed by atoms with Gasteiger partial charge in [-0.1, -0.05) is 18.2 Å². The van der Waals surface area contributed by atoms with Crippen molar-refractivity contribution in [3.63, 3.8) is 0 Å². The van der Waals surface area contributed by atoms with Gasteiger partial charge in [-0.25, -0.2) is 8.42 Å². The maximum absolute atomic E-state index is 12.6. The Morgan fingerprint density at radius 3 is 2.22 bits per heavy atom. The molecule has 0 aromatic heterocycles. The lowest BCUT2D eigenvalue weighted by Crippen LogP contribution is -2.44. The van der Waals surface area contributed by atoms with Gasteiger partial charge in [-0.15, -0.1) is 11.8 Å². The fourth-order valence-electron chi connectivity index (χ4n) is 2.34.